The number of morpholine rings is 1. The molecule has 1 amide bonds. The van der Waals surface area contributed by atoms with E-state index in [0.29, 0.717) is 22.9 Å². The van der Waals surface area contributed by atoms with Crippen molar-refractivity contribution in [1.29, 1.82) is 0 Å². The van der Waals surface area contributed by atoms with Crippen molar-refractivity contribution in [3.05, 3.63) is 58.3 Å². The molecule has 0 radical (unpaired) electrons. The van der Waals surface area contributed by atoms with E-state index in [-0.39, 0.29) is 29.7 Å². The fraction of sp³-hybridized carbons (Fsp3) is 0.278. The summed E-state index contributed by atoms with van der Waals surface area (Å²) >= 11 is 6.05. The van der Waals surface area contributed by atoms with E-state index in [1.54, 1.807) is 20.0 Å². The summed E-state index contributed by atoms with van der Waals surface area (Å²) in [7, 11) is 1.56. The molecule has 1 fully saturated rings. The van der Waals surface area contributed by atoms with Crippen LogP contribution >= 0.6 is 11.6 Å². The van der Waals surface area contributed by atoms with Crippen molar-refractivity contribution in [2.45, 2.75) is 13.1 Å². The Balaban J connectivity index is 2.64. The second kappa shape index (κ2) is 7.55. The number of likely N-dealkylation sites (N-methyl/N-ethyl adjacent to an activating group) is 1. The summed E-state index contributed by atoms with van der Waals surface area (Å²) in [6.45, 7) is 5.39. The van der Waals surface area contributed by atoms with Crippen molar-refractivity contribution >= 4 is 23.1 Å². The van der Waals surface area contributed by atoms with Crippen molar-refractivity contribution in [2.24, 2.45) is 0 Å². The topological polar surface area (TPSA) is 49.8 Å². The van der Waals surface area contributed by atoms with E-state index in [2.05, 4.69) is 6.58 Å². The molecule has 1 aromatic carbocycles. The SMILES string of the molecule is C=C/C(C)=C(\C=C1/COCC(=O)N1C)c1c(O)cc(C(F)(F)F)cc1Cl. The Morgan fingerprint density at radius 3 is 2.58 bits per heavy atom. The zero-order chi connectivity index (χ0) is 19.6. The summed E-state index contributed by atoms with van der Waals surface area (Å²) in [5.74, 6) is -0.885. The highest BCUT2D eigenvalue weighted by Gasteiger charge is 2.32. The molecule has 4 nitrogen and oxygen atoms in total. The average Bonchev–Trinajstić information content (AvgIpc) is 2.55. The molecule has 1 aromatic rings. The molecule has 2 rings (SSSR count). The van der Waals surface area contributed by atoms with Gasteiger partial charge in [0.2, 0.25) is 0 Å². The number of rotatable bonds is 3. The van der Waals surface area contributed by atoms with Crippen LogP contribution in [0.4, 0.5) is 13.2 Å². The summed E-state index contributed by atoms with van der Waals surface area (Å²) in [4.78, 5) is 13.2. The number of phenols is 1. The lowest BCUT2D eigenvalue weighted by atomic mass is 9.96. The fourth-order valence-corrected chi connectivity index (χ4v) is 2.73. The maximum absolute atomic E-state index is 12.9. The number of ether oxygens (including phenoxy) is 1. The Kier molecular flexibility index (Phi) is 5.83. The lowest BCUT2D eigenvalue weighted by Crippen LogP contribution is -2.36. The first kappa shape index (κ1) is 20.1. The number of hydrogen-bond acceptors (Lipinski definition) is 3. The molecule has 140 valence electrons. The number of alkyl halides is 3. The highest BCUT2D eigenvalue weighted by atomic mass is 35.5. The number of aromatic hydroxyl groups is 1. The lowest BCUT2D eigenvalue weighted by Gasteiger charge is -2.26. The number of carbonyl (C=O) groups excluding carboxylic acids is 1. The Morgan fingerprint density at radius 2 is 2.04 bits per heavy atom. The van der Waals surface area contributed by atoms with Crippen LogP contribution in [0.15, 0.2) is 42.1 Å². The summed E-state index contributed by atoms with van der Waals surface area (Å²) in [5, 5.41) is 9.94. The van der Waals surface area contributed by atoms with Crippen LogP contribution in [0, 0.1) is 0 Å². The second-order valence-electron chi connectivity index (χ2n) is 5.73. The van der Waals surface area contributed by atoms with E-state index < -0.39 is 17.5 Å². The van der Waals surface area contributed by atoms with Gasteiger partial charge in [0, 0.05) is 18.3 Å². The van der Waals surface area contributed by atoms with Gasteiger partial charge < -0.3 is 14.7 Å². The van der Waals surface area contributed by atoms with Gasteiger partial charge in [0.1, 0.15) is 12.4 Å². The molecule has 1 aliphatic rings. The average molecular weight is 388 g/mol. The third-order valence-corrected chi connectivity index (χ3v) is 4.29. The van der Waals surface area contributed by atoms with Gasteiger partial charge in [-0.05, 0) is 36.3 Å². The molecule has 8 heteroatoms. The summed E-state index contributed by atoms with van der Waals surface area (Å²) < 4.78 is 43.9. The molecule has 0 atom stereocenters. The Morgan fingerprint density at radius 1 is 1.38 bits per heavy atom. The number of allylic oxidation sites excluding steroid dienone is 4. The van der Waals surface area contributed by atoms with Gasteiger partial charge in [-0.1, -0.05) is 24.3 Å². The fourth-order valence-electron chi connectivity index (χ4n) is 2.42. The lowest BCUT2D eigenvalue weighted by molar-refractivity contribution is -0.138. The molecule has 0 spiro atoms. The number of carbonyl (C=O) groups is 1. The van der Waals surface area contributed by atoms with Crippen molar-refractivity contribution in [3.63, 3.8) is 0 Å². The number of phenolic OH excluding ortho intramolecular Hbond substituents is 1. The van der Waals surface area contributed by atoms with Gasteiger partial charge in [0.25, 0.3) is 5.91 Å². The molecular weight excluding hydrogens is 371 g/mol. The first-order valence-corrected chi connectivity index (χ1v) is 7.92. The van der Waals surface area contributed by atoms with Crippen molar-refractivity contribution in [1.82, 2.24) is 4.90 Å². The Bertz CT molecular complexity index is 789. The number of benzene rings is 1. The zero-order valence-electron chi connectivity index (χ0n) is 14.2. The summed E-state index contributed by atoms with van der Waals surface area (Å²) in [6.07, 6.45) is -1.62. The van der Waals surface area contributed by atoms with Gasteiger partial charge in [-0.3, -0.25) is 4.79 Å². The van der Waals surface area contributed by atoms with Gasteiger partial charge >= 0.3 is 6.18 Å². The Labute approximate surface area is 153 Å². The van der Waals surface area contributed by atoms with E-state index in [9.17, 15) is 23.1 Å². The standard InChI is InChI=1S/C18H17ClF3NO3/c1-4-10(2)13(7-12-8-26-9-16(25)23(12)3)17-14(19)5-11(6-15(17)24)18(20,21)22/h4-7,24H,1,8-9H2,2-3H3/b12-7+,13-10+. The van der Waals surface area contributed by atoms with Gasteiger partial charge in [0.15, 0.2) is 0 Å². The van der Waals surface area contributed by atoms with Crippen LogP contribution in [0.5, 0.6) is 5.75 Å². The van der Waals surface area contributed by atoms with Crippen LogP contribution in [0.2, 0.25) is 5.02 Å². The van der Waals surface area contributed by atoms with E-state index in [4.69, 9.17) is 16.3 Å². The minimum Gasteiger partial charge on any atom is -0.507 e. The molecule has 1 aliphatic heterocycles. The predicted octanol–water partition coefficient (Wildman–Crippen LogP) is 4.40. The molecule has 1 heterocycles. The van der Waals surface area contributed by atoms with Crippen LogP contribution in [-0.4, -0.2) is 36.2 Å². The second-order valence-corrected chi connectivity index (χ2v) is 6.14. The maximum Gasteiger partial charge on any atom is 0.416 e. The third-order valence-electron chi connectivity index (χ3n) is 3.99. The van der Waals surface area contributed by atoms with Gasteiger partial charge in [-0.2, -0.15) is 13.2 Å². The molecule has 1 N–H and O–H groups in total. The molecule has 0 saturated carbocycles. The predicted molar refractivity (Wildman–Crippen MR) is 92.6 cm³/mol. The minimum absolute atomic E-state index is 0.0241. The van der Waals surface area contributed by atoms with E-state index in [1.807, 2.05) is 0 Å². The highest BCUT2D eigenvalue weighted by molar-refractivity contribution is 6.33. The van der Waals surface area contributed by atoms with Crippen molar-refractivity contribution in [3.8, 4) is 5.75 Å². The van der Waals surface area contributed by atoms with Crippen molar-refractivity contribution < 1.29 is 27.8 Å². The van der Waals surface area contributed by atoms with E-state index in [1.165, 1.54) is 11.0 Å². The molecule has 26 heavy (non-hydrogen) atoms. The summed E-state index contributed by atoms with van der Waals surface area (Å²) in [6, 6.07) is 1.36. The van der Waals surface area contributed by atoms with Gasteiger partial charge in [-0.15, -0.1) is 0 Å². The van der Waals surface area contributed by atoms with Crippen LogP contribution in [0.1, 0.15) is 18.1 Å². The number of halogens is 4. The van der Waals surface area contributed by atoms with Crippen LogP contribution in [0.25, 0.3) is 5.57 Å². The molecule has 1 saturated heterocycles. The normalized spacial score (nSPS) is 18.2. The molecule has 0 aromatic heterocycles. The van der Waals surface area contributed by atoms with Crippen LogP contribution in [0.3, 0.4) is 0 Å². The number of hydrogen-bond donors (Lipinski definition) is 1. The zero-order valence-corrected chi connectivity index (χ0v) is 14.9. The highest BCUT2D eigenvalue weighted by Crippen LogP contribution is 2.41. The number of amides is 1. The first-order valence-electron chi connectivity index (χ1n) is 7.54. The molecule has 0 unspecified atom stereocenters. The van der Waals surface area contributed by atoms with E-state index in [0.717, 1.165) is 6.07 Å². The van der Waals surface area contributed by atoms with Gasteiger partial charge in [0.05, 0.1) is 17.2 Å². The smallest absolute Gasteiger partial charge is 0.416 e. The molecule has 0 aliphatic carbocycles. The van der Waals surface area contributed by atoms with Gasteiger partial charge in [-0.25, -0.2) is 0 Å². The number of nitrogens with zero attached hydrogens (tertiary/aromatic N) is 1. The van der Waals surface area contributed by atoms with Crippen LogP contribution in [-0.2, 0) is 15.7 Å². The maximum atomic E-state index is 12.9. The third kappa shape index (κ3) is 4.11. The monoisotopic (exact) mass is 387 g/mol. The van der Waals surface area contributed by atoms with Crippen molar-refractivity contribution in [2.75, 3.05) is 20.3 Å². The van der Waals surface area contributed by atoms with E-state index >= 15 is 0 Å². The largest absolute Gasteiger partial charge is 0.507 e. The molecule has 0 bridgehead atoms. The molecular formula is C18H17ClF3NO3. The van der Waals surface area contributed by atoms with Crippen LogP contribution < -0.4 is 0 Å². The minimum atomic E-state index is -4.64. The summed E-state index contributed by atoms with van der Waals surface area (Å²) in [5.41, 5.74) is 0.348. The Hall–Kier alpha value is -2.25. The quantitative estimate of drug-likeness (QED) is 0.782. The first-order chi connectivity index (χ1) is 12.1.